The average molecular weight is 1860 g/mol. The number of terminal acetylenes is 3. The minimum absolute atomic E-state index is 0. The number of nitrogens with two attached hydrogens (primary N) is 3. The maximum absolute atomic E-state index is 14.2. The highest BCUT2D eigenvalue weighted by Crippen LogP contribution is 2.37. The number of hydrogen-bond acceptors (Lipinski definition) is 15. The summed E-state index contributed by atoms with van der Waals surface area (Å²) in [6.07, 6.45) is 29.1. The van der Waals surface area contributed by atoms with Gasteiger partial charge in [0, 0.05) is 222 Å². The molecule has 3 fully saturated rings. The molecule has 3 saturated carbocycles. The van der Waals surface area contributed by atoms with Crippen molar-refractivity contribution in [3.63, 3.8) is 0 Å². The quantitative estimate of drug-likeness (QED) is 0.0289. The SMILES string of the molecule is C.C.C#CC#CC.C#CC#CC#C.NC(=O)C1CCCCNC(=O)C(Cc2ccc(C(=O)c3ccccc3)cc2)NC(=O)[C@H](CC2CCCCC2)NC(=O)[C@H](CC2CC2)CC(=O)C=CC(=O)N1.NC(=O)CC[C@@H]1CC(=O)C=CC(=O)NC(C(N)=O)CCCCNC(=O)C(Cc2ccc(C(=O)c3ccccc3)cc2)NC(=O)[C@H](CC2CCCCC2)NC1=O.[2HH].[2HH].[2H][2H].[2H][2H].[2H][2H].[2H][2H].[B]B([B])B([B])B([B])[B].[B]B([B])B([B])B([B])[B]. The number of rotatable bonds is 23. The standard InChI is InChI=1S/C42H53N5O7.C41H52N6O8.C6H2.C5H4.2CH4.2B8.6H2/c43-39(51)34-13-7-8-22-44-41(53)35(25-29-16-18-31(19-17-29)38(50)30-11-5-2-6-12-30)47-42(54)36(24-27-9-3-1-4-10-27)46-40(52)32(23-28-14-15-28)26-33(48)20-21-37(49)45-34;42-35(49)20-18-30-25-31(48)19-21-36(50)45-32(38(43)52)13-7-8-22-44-40(54)33(47-41(55)34(46-39(30)53)23-26-9-3-1-4-10-26)24-27-14-16-29(17-15-27)37(51)28-11-5-2-6-12-28;1-3-5-6-4-2;1-3-5-4-2;;;2*1-6(2)8(5)7(3)4;;;;;;/h2,5-6,11-12,16-21,27-28,32,34-36H,1,3-4,7-10,13-15,22-26H2,(H2,43,51)(H,44,53)(H,45,49)(H,46,52)(H,47,54);2,5-6,11-12,14-17,19,21,26,30,32-34H,1,3-4,7-10,13,18,20,22-25H2,(H2,42,49)(H2,43,52)(H,44,54)(H,45,50)(H,46,53)(H,47,55);1-2H;1H,2H3;2*1H4;;;6*1H/t32-,34?,35?,36+;30-,32?,33?,34+;;;;;;;;;;;;/m11............/s1/i;;;;;;;;4*1+1D;2*1+1. The van der Waals surface area contributed by atoms with Crippen LogP contribution in [0.25, 0.3) is 0 Å². The summed E-state index contributed by atoms with van der Waals surface area (Å²) in [4.78, 5) is 197. The second-order valence-corrected chi connectivity index (χ2v) is 34.0. The molecule has 0 spiro atoms. The monoisotopic (exact) mass is 1860 g/mol. The Kier molecular flexibility index (Phi) is 56.7. The van der Waals surface area contributed by atoms with E-state index in [0.29, 0.717) is 78.7 Å². The Balaban J connectivity index is -0.000000682. The number of nitrogens with one attached hydrogen (secondary N) is 8. The van der Waals surface area contributed by atoms with E-state index in [1.807, 2.05) is 12.1 Å². The van der Waals surface area contributed by atoms with Crippen LogP contribution in [0, 0.1) is 90.3 Å². The van der Waals surface area contributed by atoms with Gasteiger partial charge >= 0.3 is 0 Å². The first-order chi connectivity index (χ1) is 68.9. The molecule has 42 heteroatoms. The Morgan fingerprint density at radius 1 is 0.384 bits per heavy atom. The van der Waals surface area contributed by atoms with Crippen molar-refractivity contribution in [2.24, 2.45) is 46.8 Å². The molecule has 0 saturated heterocycles. The molecule has 2 heterocycles. The van der Waals surface area contributed by atoms with Gasteiger partial charge in [0.05, 0.1) is 0 Å². The molecular formula is C96H131B16N11O15. The van der Waals surface area contributed by atoms with Gasteiger partial charge in [0.1, 0.15) is 36.3 Å². The van der Waals surface area contributed by atoms with Gasteiger partial charge in [-0.05, 0) is 148 Å². The van der Waals surface area contributed by atoms with E-state index in [9.17, 15) is 71.9 Å². The summed E-state index contributed by atoms with van der Waals surface area (Å²) in [5.41, 5.74) is 19.8. The molecule has 4 unspecified atom stereocenters. The number of carbonyl (C=O) groups is 15. The van der Waals surface area contributed by atoms with E-state index in [0.717, 1.165) is 107 Å². The van der Waals surface area contributed by atoms with Crippen LogP contribution in [0.4, 0.5) is 0 Å². The number of hydrogen-bond donors (Lipinski definition) is 11. The van der Waals surface area contributed by atoms with E-state index < -0.39 is 163 Å². The number of carbonyl (C=O) groups excluding carboxylic acids is 15. The number of benzene rings is 4. The van der Waals surface area contributed by atoms with E-state index in [1.54, 1.807) is 104 Å². The molecule has 2 aliphatic heterocycles. The van der Waals surface area contributed by atoms with Gasteiger partial charge in [0.25, 0.3) is 0 Å². The van der Waals surface area contributed by atoms with Crippen molar-refractivity contribution in [1.82, 2.24) is 42.5 Å². The van der Waals surface area contributed by atoms with Crippen LogP contribution in [0.3, 0.4) is 0 Å². The molecule has 4 aromatic rings. The maximum atomic E-state index is 14.2. The van der Waals surface area contributed by atoms with E-state index in [4.69, 9.17) is 126 Å². The molecule has 20 radical (unpaired) electrons. The molecule has 4 aromatic carbocycles. The van der Waals surface area contributed by atoms with Gasteiger partial charge in [-0.3, -0.25) is 71.9 Å². The van der Waals surface area contributed by atoms with Crippen LogP contribution in [0.15, 0.2) is 133 Å². The van der Waals surface area contributed by atoms with Crippen molar-refractivity contribution in [1.29, 1.82) is 0 Å². The molecule has 0 aromatic heterocycles. The van der Waals surface area contributed by atoms with Gasteiger partial charge < -0.3 is 59.7 Å². The summed E-state index contributed by atoms with van der Waals surface area (Å²) >= 11 is 0. The maximum Gasteiger partial charge on any atom is 0.244 e. The second-order valence-electron chi connectivity index (χ2n) is 34.0. The van der Waals surface area contributed by atoms with E-state index in [-0.39, 0.29) is 106 Å². The lowest BCUT2D eigenvalue weighted by atomic mass is 8.68. The van der Waals surface area contributed by atoms with Gasteiger partial charge in [-0.2, -0.15) is 0 Å². The summed E-state index contributed by atoms with van der Waals surface area (Å²) in [6.45, 7) is 2.13. The minimum Gasteiger partial charge on any atom is -0.370 e. The fourth-order valence-corrected chi connectivity index (χ4v) is 15.0. The highest BCUT2D eigenvalue weighted by Gasteiger charge is 2.37. The molecule has 0 bridgehead atoms. The topological polar surface area (TPSA) is 430 Å². The van der Waals surface area contributed by atoms with Crippen LogP contribution in [0.2, 0.25) is 0 Å². The lowest BCUT2D eigenvalue weighted by Crippen LogP contribution is -2.55. The molecule has 708 valence electrons. The third kappa shape index (κ3) is 49.4. The van der Waals surface area contributed by atoms with Crippen LogP contribution in [-0.4, -0.2) is 253 Å². The smallest absolute Gasteiger partial charge is 0.244 e. The summed E-state index contributed by atoms with van der Waals surface area (Å²) in [5.74, 6) is 6.69. The fraction of sp³-hybridized carbons (Fsp3) is 0.448. The predicted molar refractivity (Wildman–Crippen MR) is 572 cm³/mol. The lowest BCUT2D eigenvalue weighted by molar-refractivity contribution is -0.134. The number of ketones is 4. The zero-order valence-corrected chi connectivity index (χ0v) is 77.4. The molecular weight excluding hydrogens is 1720 g/mol. The first kappa shape index (κ1) is 115. The van der Waals surface area contributed by atoms with Crippen molar-refractivity contribution in [3.05, 3.63) is 167 Å². The third-order valence-electron chi connectivity index (χ3n) is 23.0. The van der Waals surface area contributed by atoms with Crippen molar-refractivity contribution < 1.29 is 86.6 Å². The van der Waals surface area contributed by atoms with Crippen LogP contribution < -0.4 is 59.7 Å². The largest absolute Gasteiger partial charge is 0.370 e. The highest BCUT2D eigenvalue weighted by molar-refractivity contribution is 7.90. The zero-order valence-electron chi connectivity index (χ0n) is 85.4. The lowest BCUT2D eigenvalue weighted by Gasteiger charge is -2.29. The van der Waals surface area contributed by atoms with Crippen molar-refractivity contribution in [2.45, 2.75) is 231 Å². The fourth-order valence-electron chi connectivity index (χ4n) is 15.0. The molecule has 9 rings (SSSR count). The predicted octanol–water partition coefficient (Wildman–Crippen LogP) is 3.22. The van der Waals surface area contributed by atoms with E-state index >= 15 is 0 Å². The number of allylic oxidation sites excluding steroid dienone is 2. The summed E-state index contributed by atoms with van der Waals surface area (Å²) in [5, 5.41) is 22.4. The summed E-state index contributed by atoms with van der Waals surface area (Å²) in [6, 6.07) is 25.4. The Hall–Kier alpha value is -12.0. The van der Waals surface area contributed by atoms with Crippen molar-refractivity contribution in [3.8, 4) is 60.7 Å². The van der Waals surface area contributed by atoms with Gasteiger partial charge in [0.15, 0.2) is 23.1 Å². The highest BCUT2D eigenvalue weighted by atomic mass is 16.2. The number of amides is 11. The van der Waals surface area contributed by atoms with Gasteiger partial charge in [-0.25, -0.2) is 0 Å². The molecule has 26 nitrogen and oxygen atoms in total. The average Bonchev–Trinajstić information content (AvgIpc) is 0.947. The summed E-state index contributed by atoms with van der Waals surface area (Å²) < 4.78 is 40.0. The molecule has 8 atom stereocenters. The number of primary amides is 3. The van der Waals surface area contributed by atoms with Crippen LogP contribution >= 0.6 is 0 Å². The van der Waals surface area contributed by atoms with Gasteiger partial charge in [-0.15, -0.1) is 19.3 Å². The van der Waals surface area contributed by atoms with Crippen LogP contribution in [0.5, 0.6) is 0 Å². The summed E-state index contributed by atoms with van der Waals surface area (Å²) in [7, 11) is 51.6. The van der Waals surface area contributed by atoms with Crippen LogP contribution in [0.1, 0.15) is 240 Å². The Morgan fingerprint density at radius 3 is 1.02 bits per heavy atom. The first-order valence-electron chi connectivity index (χ1n) is 49.8. The molecule has 138 heavy (non-hydrogen) atoms. The Morgan fingerprint density at radius 2 is 0.710 bits per heavy atom. The first-order valence-corrected chi connectivity index (χ1v) is 45.8. The minimum atomic E-state index is -1.07. The Labute approximate surface area is 847 Å². The zero-order chi connectivity index (χ0) is 109. The van der Waals surface area contributed by atoms with Gasteiger partial charge in [-0.1, -0.05) is 207 Å². The Bertz CT molecular complexity index is 4950. The van der Waals surface area contributed by atoms with E-state index in [2.05, 4.69) is 84.0 Å². The normalized spacial score (nSPS) is 20.0. The molecule has 11 amide bonds. The third-order valence-corrected chi connectivity index (χ3v) is 23.0. The van der Waals surface area contributed by atoms with E-state index in [1.165, 1.54) is 0 Å². The molecule has 14 N–H and O–H groups in total. The molecule has 5 aliphatic rings. The molecule has 3 aliphatic carbocycles. The van der Waals surface area contributed by atoms with Gasteiger partial charge in [0.2, 0.25) is 65.0 Å². The van der Waals surface area contributed by atoms with Crippen LogP contribution in [-0.2, 0) is 75.2 Å². The second kappa shape index (κ2) is 68.1. The van der Waals surface area contributed by atoms with Crippen molar-refractivity contribution in [2.75, 3.05) is 13.1 Å². The van der Waals surface area contributed by atoms with Crippen molar-refractivity contribution >= 4 is 204 Å².